The molecular weight excluding hydrogens is 350 g/mol. The van der Waals surface area contributed by atoms with Crippen LogP contribution in [0.15, 0.2) is 47.7 Å². The third-order valence-electron chi connectivity index (χ3n) is 5.73. The fourth-order valence-electron chi connectivity index (χ4n) is 4.26. The van der Waals surface area contributed by atoms with Gasteiger partial charge in [0.2, 0.25) is 0 Å². The van der Waals surface area contributed by atoms with E-state index >= 15 is 0 Å². The van der Waals surface area contributed by atoms with E-state index in [2.05, 4.69) is 34.5 Å². The van der Waals surface area contributed by atoms with Crippen molar-refractivity contribution in [3.8, 4) is 11.1 Å². The van der Waals surface area contributed by atoms with Crippen molar-refractivity contribution in [3.63, 3.8) is 0 Å². The Hall–Kier alpha value is -2.99. The number of hydrogen-bond donors (Lipinski definition) is 1. The zero-order valence-corrected chi connectivity index (χ0v) is 16.1. The van der Waals surface area contributed by atoms with Crippen molar-refractivity contribution < 1.29 is 0 Å². The van der Waals surface area contributed by atoms with E-state index in [1.54, 1.807) is 6.33 Å². The third-order valence-corrected chi connectivity index (χ3v) is 5.73. The second kappa shape index (κ2) is 6.56. The molecule has 0 spiro atoms. The van der Waals surface area contributed by atoms with Crippen LogP contribution >= 0.6 is 0 Å². The highest BCUT2D eigenvalue weighted by Gasteiger charge is 2.17. The molecule has 1 aliphatic heterocycles. The zero-order valence-electron chi connectivity index (χ0n) is 16.1. The molecule has 28 heavy (non-hydrogen) atoms. The summed E-state index contributed by atoms with van der Waals surface area (Å²) in [7, 11) is 1.93. The summed E-state index contributed by atoms with van der Waals surface area (Å²) in [5.41, 5.74) is 5.07. The third kappa shape index (κ3) is 2.81. The molecule has 1 fully saturated rings. The number of hydrogen-bond acceptors (Lipinski definition) is 4. The van der Waals surface area contributed by atoms with Crippen LogP contribution in [-0.2, 0) is 7.05 Å². The highest BCUT2D eigenvalue weighted by molar-refractivity contribution is 5.89. The summed E-state index contributed by atoms with van der Waals surface area (Å²) in [5.74, 6) is 0. The predicted octanol–water partition coefficient (Wildman–Crippen LogP) is 3.18. The van der Waals surface area contributed by atoms with Crippen molar-refractivity contribution in [2.75, 3.05) is 13.1 Å². The van der Waals surface area contributed by atoms with Crippen LogP contribution in [-0.4, -0.2) is 32.4 Å². The lowest BCUT2D eigenvalue weighted by Gasteiger charge is -2.24. The van der Waals surface area contributed by atoms with Crippen LogP contribution in [0.4, 0.5) is 0 Å². The van der Waals surface area contributed by atoms with Crippen LogP contribution in [0.3, 0.4) is 0 Å². The molecule has 0 radical (unpaired) electrons. The van der Waals surface area contributed by atoms with Crippen LogP contribution in [0.5, 0.6) is 0 Å². The first-order chi connectivity index (χ1) is 13.6. The Morgan fingerprint density at radius 2 is 1.93 bits per heavy atom. The maximum Gasteiger partial charge on any atom is 0.261 e. The fraction of sp³-hybridized carbons (Fsp3) is 0.318. The van der Waals surface area contributed by atoms with Crippen molar-refractivity contribution >= 4 is 21.8 Å². The summed E-state index contributed by atoms with van der Waals surface area (Å²) >= 11 is 0. The van der Waals surface area contributed by atoms with Gasteiger partial charge in [-0.05, 0) is 73.8 Å². The first kappa shape index (κ1) is 17.1. The SMILES string of the molecule is Cc1cc(-c2ccc3ncn(C4CCNCC4)c(=O)c3c2)cc2cn(C)nc12. The monoisotopic (exact) mass is 373 g/mol. The summed E-state index contributed by atoms with van der Waals surface area (Å²) in [6.07, 6.45) is 5.66. The van der Waals surface area contributed by atoms with Gasteiger partial charge in [0, 0.05) is 24.7 Å². The number of nitrogens with zero attached hydrogens (tertiary/aromatic N) is 4. The molecule has 0 bridgehead atoms. The van der Waals surface area contributed by atoms with E-state index in [1.165, 1.54) is 0 Å². The number of aryl methyl sites for hydroxylation is 2. The van der Waals surface area contributed by atoms with Crippen molar-refractivity contribution in [3.05, 3.63) is 58.8 Å². The van der Waals surface area contributed by atoms with Gasteiger partial charge in [0.15, 0.2) is 0 Å². The van der Waals surface area contributed by atoms with Gasteiger partial charge in [0.25, 0.3) is 5.56 Å². The standard InChI is InChI=1S/C22H23N5O/c1-14-9-16(10-17-12-26(2)25-21(14)17)15-3-4-20-19(11-15)22(28)27(13-24-20)18-5-7-23-8-6-18/h3-4,9-13,18,23H,5-8H2,1-2H3. The molecule has 2 aromatic carbocycles. The fourth-order valence-corrected chi connectivity index (χ4v) is 4.26. The van der Waals surface area contributed by atoms with Gasteiger partial charge in [0.05, 0.1) is 22.7 Å². The van der Waals surface area contributed by atoms with E-state index in [9.17, 15) is 4.79 Å². The minimum Gasteiger partial charge on any atom is -0.317 e. The molecule has 3 heterocycles. The number of piperidine rings is 1. The summed E-state index contributed by atoms with van der Waals surface area (Å²) < 4.78 is 3.66. The van der Waals surface area contributed by atoms with Gasteiger partial charge in [-0.15, -0.1) is 0 Å². The van der Waals surface area contributed by atoms with Gasteiger partial charge in [0.1, 0.15) is 0 Å². The molecule has 4 aromatic rings. The van der Waals surface area contributed by atoms with Crippen molar-refractivity contribution in [1.29, 1.82) is 0 Å². The Balaban J connectivity index is 1.64. The lowest BCUT2D eigenvalue weighted by Crippen LogP contribution is -2.34. The van der Waals surface area contributed by atoms with E-state index < -0.39 is 0 Å². The normalized spacial score (nSPS) is 15.5. The van der Waals surface area contributed by atoms with Gasteiger partial charge in [-0.25, -0.2) is 4.98 Å². The number of aromatic nitrogens is 4. The Morgan fingerprint density at radius 1 is 1.11 bits per heavy atom. The Morgan fingerprint density at radius 3 is 2.75 bits per heavy atom. The van der Waals surface area contributed by atoms with Crippen LogP contribution in [0, 0.1) is 6.92 Å². The lowest BCUT2D eigenvalue weighted by atomic mass is 9.99. The zero-order chi connectivity index (χ0) is 19.3. The Bertz CT molecular complexity index is 1250. The van der Waals surface area contributed by atoms with Crippen molar-refractivity contribution in [2.45, 2.75) is 25.8 Å². The lowest BCUT2D eigenvalue weighted by molar-refractivity contribution is 0.359. The van der Waals surface area contributed by atoms with Gasteiger partial charge in [-0.3, -0.25) is 14.0 Å². The summed E-state index contributed by atoms with van der Waals surface area (Å²) in [4.78, 5) is 17.7. The minimum atomic E-state index is 0.0536. The Labute approximate surface area is 162 Å². The van der Waals surface area contributed by atoms with E-state index in [4.69, 9.17) is 0 Å². The molecule has 6 nitrogen and oxygen atoms in total. The molecular formula is C22H23N5O. The highest BCUT2D eigenvalue weighted by atomic mass is 16.1. The van der Waals surface area contributed by atoms with Crippen LogP contribution in [0.2, 0.25) is 0 Å². The number of fused-ring (bicyclic) bond motifs is 2. The molecule has 2 aromatic heterocycles. The largest absolute Gasteiger partial charge is 0.317 e. The summed E-state index contributed by atoms with van der Waals surface area (Å²) in [6.45, 7) is 3.96. The molecule has 0 amide bonds. The van der Waals surface area contributed by atoms with Crippen LogP contribution in [0.1, 0.15) is 24.4 Å². The molecule has 142 valence electrons. The van der Waals surface area contributed by atoms with E-state index in [1.807, 2.05) is 40.7 Å². The molecule has 6 heteroatoms. The molecule has 0 saturated carbocycles. The molecule has 0 unspecified atom stereocenters. The quantitative estimate of drug-likeness (QED) is 0.586. The summed E-state index contributed by atoms with van der Waals surface area (Å²) in [5, 5.41) is 9.66. The molecule has 1 aliphatic rings. The molecule has 1 N–H and O–H groups in total. The van der Waals surface area contributed by atoms with Crippen LogP contribution < -0.4 is 10.9 Å². The molecule has 0 aliphatic carbocycles. The van der Waals surface area contributed by atoms with E-state index in [0.717, 1.165) is 59.0 Å². The first-order valence-electron chi connectivity index (χ1n) is 9.76. The van der Waals surface area contributed by atoms with Crippen molar-refractivity contribution in [2.24, 2.45) is 7.05 Å². The van der Waals surface area contributed by atoms with Gasteiger partial charge in [-0.1, -0.05) is 6.07 Å². The van der Waals surface area contributed by atoms with E-state index in [0.29, 0.717) is 5.39 Å². The maximum atomic E-state index is 13.2. The minimum absolute atomic E-state index is 0.0536. The topological polar surface area (TPSA) is 64.7 Å². The maximum absolute atomic E-state index is 13.2. The average Bonchev–Trinajstić information content (AvgIpc) is 3.10. The average molecular weight is 373 g/mol. The van der Waals surface area contributed by atoms with Gasteiger partial charge in [-0.2, -0.15) is 5.10 Å². The molecule has 0 atom stereocenters. The smallest absolute Gasteiger partial charge is 0.261 e. The van der Waals surface area contributed by atoms with E-state index in [-0.39, 0.29) is 11.6 Å². The second-order valence-corrected chi connectivity index (χ2v) is 7.70. The predicted molar refractivity (Wildman–Crippen MR) is 112 cm³/mol. The van der Waals surface area contributed by atoms with Crippen LogP contribution in [0.25, 0.3) is 32.9 Å². The first-order valence-corrected chi connectivity index (χ1v) is 9.76. The number of rotatable bonds is 2. The number of benzene rings is 2. The summed E-state index contributed by atoms with van der Waals surface area (Å²) in [6, 6.07) is 10.5. The Kier molecular flexibility index (Phi) is 4.02. The number of nitrogens with one attached hydrogen (secondary N) is 1. The van der Waals surface area contributed by atoms with Gasteiger partial charge >= 0.3 is 0 Å². The molecule has 1 saturated heterocycles. The highest BCUT2D eigenvalue weighted by Crippen LogP contribution is 2.28. The molecule has 5 rings (SSSR count). The van der Waals surface area contributed by atoms with Gasteiger partial charge < -0.3 is 5.32 Å². The van der Waals surface area contributed by atoms with Crippen molar-refractivity contribution in [1.82, 2.24) is 24.6 Å². The second-order valence-electron chi connectivity index (χ2n) is 7.70.